The fourth-order valence-electron chi connectivity index (χ4n) is 15.0. The van der Waals surface area contributed by atoms with Gasteiger partial charge in [-0.2, -0.15) is 0 Å². The summed E-state index contributed by atoms with van der Waals surface area (Å²) < 4.78 is 11.3. The number of benzene rings is 1. The summed E-state index contributed by atoms with van der Waals surface area (Å²) >= 11 is 0. The summed E-state index contributed by atoms with van der Waals surface area (Å²) in [7, 11) is 11.6. The van der Waals surface area contributed by atoms with Crippen LogP contribution in [0.2, 0.25) is 0 Å². The molecule has 0 radical (unpaired) electrons. The minimum atomic E-state index is -1.56. The molecule has 100 heavy (non-hydrogen) atoms. The molecule has 7 rings (SSSR count). The van der Waals surface area contributed by atoms with Crippen molar-refractivity contribution in [3.8, 4) is 0 Å². The van der Waals surface area contributed by atoms with E-state index in [0.29, 0.717) is 31.2 Å². The number of hydrogen-bond acceptors (Lipinski definition) is 15. The third kappa shape index (κ3) is 19.2. The predicted molar refractivity (Wildman–Crippen MR) is 371 cm³/mol. The number of hydrogen-bond donors (Lipinski definition) is 3. The van der Waals surface area contributed by atoms with Gasteiger partial charge in [-0.05, 0) is 88.5 Å². The zero-order valence-corrected chi connectivity index (χ0v) is 61.0. The van der Waals surface area contributed by atoms with Gasteiger partial charge in [0.05, 0.1) is 25.6 Å². The van der Waals surface area contributed by atoms with Crippen LogP contribution in [0.5, 0.6) is 0 Å². The Hall–Kier alpha value is -8.23. The highest BCUT2D eigenvalue weighted by Gasteiger charge is 2.54. The first-order valence-electron chi connectivity index (χ1n) is 35.9. The van der Waals surface area contributed by atoms with Gasteiger partial charge in [0, 0.05) is 95.3 Å². The Kier molecular flexibility index (Phi) is 28.4. The minimum Gasteiger partial charge on any atom is -0.461 e. The van der Waals surface area contributed by atoms with Crippen molar-refractivity contribution in [3.05, 3.63) is 60.2 Å². The average Bonchev–Trinajstić information content (AvgIpc) is 1.05. The number of amides is 12. The number of nitrogens with zero attached hydrogens (tertiary/aromatic N) is 9. The highest BCUT2D eigenvalue weighted by molar-refractivity contribution is 6.01. The molecule has 27 nitrogen and oxygen atoms in total. The lowest BCUT2D eigenvalue weighted by atomic mass is 9.74. The second-order valence-electron chi connectivity index (χ2n) is 28.8. The molecule has 3 aliphatic carbocycles. The number of esters is 1. The summed E-state index contributed by atoms with van der Waals surface area (Å²) in [5.41, 5.74) is 0.0567. The topological polar surface area (TPSA) is 306 Å². The van der Waals surface area contributed by atoms with E-state index in [1.165, 1.54) is 102 Å². The molecule has 3 heterocycles. The van der Waals surface area contributed by atoms with E-state index in [1.807, 2.05) is 38.1 Å². The van der Waals surface area contributed by atoms with E-state index in [2.05, 4.69) is 22.5 Å². The number of fused-ring (bicyclic) bond motifs is 3. The predicted octanol–water partition coefficient (Wildman–Crippen LogP) is 2.75. The first kappa shape index (κ1) is 79.1. The largest absolute Gasteiger partial charge is 0.461 e. The molecule has 3 aliphatic heterocycles. The second kappa shape index (κ2) is 35.9. The number of likely N-dealkylation sites (N-methyl/N-ethyl adjacent to an activating group) is 7. The van der Waals surface area contributed by atoms with Crippen molar-refractivity contribution in [1.82, 2.24) is 60.0 Å². The van der Waals surface area contributed by atoms with Gasteiger partial charge in [-0.3, -0.25) is 62.3 Å². The SMILES string of the molecule is C=CCOC(=O)CC[C@@H]1NC(=O)CN(C)C(=O)[C@H](Cc2ccc(C)cc2)N2CCC=CC(C2=O)N(C)C(=O)CN(C)C(=O)C([C@@H](C)CC)NC(=O)C(CC2CCCC2)N(C)C(=O)C[C@@H](C(=O)N(C)C)N(C)C(=O)[C@H](C2CCCC2)N(C)C(=O)C2(CCC2)NC(=O)[C@@H]2C[C@@H](OCC)CN2C1=O. The van der Waals surface area contributed by atoms with Crippen LogP contribution < -0.4 is 16.0 Å². The van der Waals surface area contributed by atoms with Crippen molar-refractivity contribution in [2.75, 3.05) is 95.8 Å². The van der Waals surface area contributed by atoms with Crippen molar-refractivity contribution in [2.24, 2.45) is 17.8 Å². The Morgan fingerprint density at radius 2 is 1.38 bits per heavy atom. The lowest BCUT2D eigenvalue weighted by Crippen LogP contribution is -2.68. The van der Waals surface area contributed by atoms with Crippen LogP contribution in [-0.2, 0) is 78.2 Å². The van der Waals surface area contributed by atoms with Gasteiger partial charge in [0.1, 0.15) is 60.5 Å². The third-order valence-corrected chi connectivity index (χ3v) is 21.5. The van der Waals surface area contributed by atoms with E-state index in [1.54, 1.807) is 26.0 Å². The molecule has 27 heteroatoms. The Labute approximate surface area is 589 Å². The van der Waals surface area contributed by atoms with E-state index in [-0.39, 0.29) is 83.6 Å². The van der Waals surface area contributed by atoms with Crippen molar-refractivity contribution in [3.63, 3.8) is 0 Å². The van der Waals surface area contributed by atoms with Crippen molar-refractivity contribution in [2.45, 2.75) is 210 Å². The van der Waals surface area contributed by atoms with Gasteiger partial charge in [-0.25, -0.2) is 0 Å². The van der Waals surface area contributed by atoms with Crippen molar-refractivity contribution in [1.29, 1.82) is 0 Å². The summed E-state index contributed by atoms with van der Waals surface area (Å²) in [5, 5.41) is 8.73. The normalized spacial score (nSPS) is 27.2. The molecule has 5 fully saturated rings. The zero-order chi connectivity index (χ0) is 73.4. The molecule has 552 valence electrons. The van der Waals surface area contributed by atoms with E-state index in [4.69, 9.17) is 9.47 Å². The Balaban J connectivity index is 1.31. The number of nitrogens with one attached hydrogen (secondary N) is 3. The lowest BCUT2D eigenvalue weighted by Gasteiger charge is -2.46. The quantitative estimate of drug-likeness (QED) is 0.168. The summed E-state index contributed by atoms with van der Waals surface area (Å²) in [6, 6.07) is -2.87. The van der Waals surface area contributed by atoms with Gasteiger partial charge in [-0.15, -0.1) is 0 Å². The molecule has 1 aromatic carbocycles. The standard InChI is InChI=1S/C73H110N12O15/c1-14-38-100-61(89)34-33-52-66(92)85-43-51(99-16-3)41-55(85)65(91)76-73(35-23-36-73)72(98)83(13)63(50-26-19-20-27-50)71(97)82(12)56(67(93)77(6)7)42-59(87)81(11)54(39-48-24-17-18-25-48)64(90)75-62(47(5)15-2)70(96)79(9)45-60(88)80(10)53-28-21-22-37-84(69(53)95)57(40-49-31-29-46(4)30-32-49)68(94)78(8)44-58(86)74-52/h14,21,28-32,47-48,50-57,62-63H,1,15-20,22-27,33-45H2,2-13H3,(H,74,86)(H,75,90)(H,76,91)/t47-,51+,52-,53?,54?,55-,56-,57-,62?,63-/m0/s1. The van der Waals surface area contributed by atoms with Crippen LogP contribution in [0.3, 0.4) is 0 Å². The second-order valence-corrected chi connectivity index (χ2v) is 28.8. The molecule has 2 bridgehead atoms. The van der Waals surface area contributed by atoms with Crippen LogP contribution >= 0.6 is 0 Å². The van der Waals surface area contributed by atoms with Crippen molar-refractivity contribution < 1.29 is 71.8 Å². The van der Waals surface area contributed by atoms with Gasteiger partial charge < -0.3 is 69.5 Å². The molecule has 3 unspecified atom stereocenters. The summed E-state index contributed by atoms with van der Waals surface area (Å²) in [5.74, 6) is -9.50. The highest BCUT2D eigenvalue weighted by atomic mass is 16.5. The molecular formula is C73H110N12O15. The highest BCUT2D eigenvalue weighted by Crippen LogP contribution is 2.39. The number of carbonyl (C=O) groups excluding carboxylic acids is 13. The molecule has 3 saturated carbocycles. The van der Waals surface area contributed by atoms with Crippen LogP contribution in [0.15, 0.2) is 49.1 Å². The van der Waals surface area contributed by atoms with Crippen LogP contribution in [-0.4, -0.2) is 277 Å². The fourth-order valence-corrected chi connectivity index (χ4v) is 15.0. The first-order valence-corrected chi connectivity index (χ1v) is 35.9. The van der Waals surface area contributed by atoms with Crippen LogP contribution in [0.4, 0.5) is 0 Å². The van der Waals surface area contributed by atoms with Gasteiger partial charge in [-0.1, -0.05) is 113 Å². The van der Waals surface area contributed by atoms with Crippen LogP contribution in [0.25, 0.3) is 0 Å². The first-order chi connectivity index (χ1) is 47.5. The van der Waals surface area contributed by atoms with Gasteiger partial charge >= 0.3 is 5.97 Å². The third-order valence-electron chi connectivity index (χ3n) is 21.5. The molecule has 10 atom stereocenters. The molecule has 6 aliphatic rings. The minimum absolute atomic E-state index is 0.0175. The Morgan fingerprint density at radius 3 is 1.99 bits per heavy atom. The number of ether oxygens (including phenoxy) is 2. The number of aryl methyl sites for hydroxylation is 1. The molecule has 0 aromatic heterocycles. The summed E-state index contributed by atoms with van der Waals surface area (Å²) in [4.78, 5) is 205. The monoisotopic (exact) mass is 1390 g/mol. The van der Waals surface area contributed by atoms with E-state index in [0.717, 1.165) is 49.0 Å². The Morgan fingerprint density at radius 1 is 0.730 bits per heavy atom. The smallest absolute Gasteiger partial charge is 0.306 e. The van der Waals surface area contributed by atoms with E-state index < -0.39 is 168 Å². The lowest BCUT2D eigenvalue weighted by molar-refractivity contribution is -0.158. The Bertz CT molecular complexity index is 3180. The van der Waals surface area contributed by atoms with Crippen molar-refractivity contribution >= 4 is 76.9 Å². The van der Waals surface area contributed by atoms with E-state index in [9.17, 15) is 24.0 Å². The average molecular weight is 1400 g/mol. The van der Waals surface area contributed by atoms with Gasteiger partial charge in [0.15, 0.2) is 0 Å². The molecular weight excluding hydrogens is 1280 g/mol. The summed E-state index contributed by atoms with van der Waals surface area (Å²) in [6.07, 6.45) is 10.4. The fraction of sp³-hybridized carbons (Fsp3) is 0.685. The number of carbonyl (C=O) groups is 13. The molecule has 12 amide bonds. The number of rotatable bonds is 15. The zero-order valence-electron chi connectivity index (χ0n) is 61.0. The summed E-state index contributed by atoms with van der Waals surface area (Å²) in [6.45, 7) is 9.67. The van der Waals surface area contributed by atoms with Crippen LogP contribution in [0, 0.1) is 24.7 Å². The van der Waals surface area contributed by atoms with Crippen LogP contribution in [0.1, 0.15) is 147 Å². The molecule has 1 spiro atoms. The maximum Gasteiger partial charge on any atom is 0.306 e. The molecule has 1 aromatic rings. The molecule has 2 saturated heterocycles. The maximum absolute atomic E-state index is 15.5. The molecule has 3 N–H and O–H groups in total. The van der Waals surface area contributed by atoms with Gasteiger partial charge in [0.2, 0.25) is 70.9 Å². The van der Waals surface area contributed by atoms with E-state index >= 15 is 38.4 Å². The maximum atomic E-state index is 15.5. The van der Waals surface area contributed by atoms with Gasteiger partial charge in [0.25, 0.3) is 0 Å².